The fourth-order valence-electron chi connectivity index (χ4n) is 4.49. The Hall–Kier alpha value is -4.01. The number of hydrogen-bond acceptors (Lipinski definition) is 6. The molecule has 0 saturated carbocycles. The third kappa shape index (κ3) is 15.8. The van der Waals surface area contributed by atoms with E-state index in [0.717, 1.165) is 62.9 Å². The Morgan fingerprint density at radius 2 is 1.43 bits per heavy atom. The number of Topliss-reactive ketones (excluding diaryl/α,β-unsaturated/α-hetero) is 1. The third-order valence-electron chi connectivity index (χ3n) is 7.14. The van der Waals surface area contributed by atoms with Gasteiger partial charge in [0.1, 0.15) is 23.8 Å². The maximum Gasteiger partial charge on any atom is 0.430 e. The van der Waals surface area contributed by atoms with E-state index in [2.05, 4.69) is 41.6 Å². The van der Waals surface area contributed by atoms with Gasteiger partial charge >= 0.3 is 12.4 Å². The van der Waals surface area contributed by atoms with Gasteiger partial charge in [-0.2, -0.15) is 26.3 Å². The lowest BCUT2D eigenvalue weighted by Crippen LogP contribution is -3.10. The van der Waals surface area contributed by atoms with E-state index in [1.807, 2.05) is 31.3 Å². The Balaban J connectivity index is 0.000000629. The smallest absolute Gasteiger partial charge is 0.430 e. The Bertz CT molecular complexity index is 1230. The highest BCUT2D eigenvalue weighted by molar-refractivity contribution is 5.79. The number of carbonyl (C=O) groups is 4. The van der Waals surface area contributed by atoms with E-state index in [9.17, 15) is 35.9 Å². The molecule has 1 fully saturated rings. The van der Waals surface area contributed by atoms with Crippen LogP contribution in [0.5, 0.6) is 0 Å². The summed E-state index contributed by atoms with van der Waals surface area (Å²) in [7, 11) is 2.20. The Labute approximate surface area is 263 Å². The van der Waals surface area contributed by atoms with Crippen LogP contribution in [0, 0.1) is 5.92 Å². The van der Waals surface area contributed by atoms with E-state index in [-0.39, 0.29) is 17.9 Å². The zero-order chi connectivity index (χ0) is 34.9. The molecule has 1 aliphatic rings. The number of carboxylic acids is 2. The molecular weight excluding hydrogens is 624 g/mol. The van der Waals surface area contributed by atoms with Crippen molar-refractivity contribution in [3.63, 3.8) is 0 Å². The number of halogens is 6. The highest BCUT2D eigenvalue weighted by Crippen LogP contribution is 2.24. The van der Waals surface area contributed by atoms with Gasteiger partial charge in [0.05, 0.1) is 20.1 Å². The monoisotopic (exact) mass is 663 g/mol. The minimum Gasteiger partial charge on any atom is -0.542 e. The van der Waals surface area contributed by atoms with Crippen molar-refractivity contribution in [1.82, 2.24) is 5.32 Å². The first-order chi connectivity index (χ1) is 21.4. The number of carbonyl (C=O) groups excluding carboxylic acids is 4. The lowest BCUT2D eigenvalue weighted by atomic mass is 9.94. The number of pyridine rings is 1. The third-order valence-corrected chi connectivity index (χ3v) is 7.14. The van der Waals surface area contributed by atoms with E-state index < -0.39 is 24.3 Å². The summed E-state index contributed by atoms with van der Waals surface area (Å²) >= 11 is 0. The largest absolute Gasteiger partial charge is 0.542 e. The van der Waals surface area contributed by atoms with Crippen LogP contribution in [-0.4, -0.2) is 56.1 Å². The summed E-state index contributed by atoms with van der Waals surface area (Å²) in [5, 5.41) is 20.9. The van der Waals surface area contributed by atoms with Crippen LogP contribution >= 0.6 is 0 Å². The quantitative estimate of drug-likeness (QED) is 0.277. The number of amides is 1. The first-order valence-electron chi connectivity index (χ1n) is 14.7. The van der Waals surface area contributed by atoms with Gasteiger partial charge in [-0.05, 0) is 24.0 Å². The van der Waals surface area contributed by atoms with Crippen molar-refractivity contribution in [3.8, 4) is 11.1 Å². The molecule has 3 rings (SSSR count). The number of carboxylic acid groups (broad SMARTS) is 2. The predicted molar refractivity (Wildman–Crippen MR) is 149 cm³/mol. The number of ketones is 1. The van der Waals surface area contributed by atoms with Gasteiger partial charge < -0.3 is 30.0 Å². The van der Waals surface area contributed by atoms with E-state index >= 15 is 0 Å². The molecule has 15 heteroatoms. The van der Waals surface area contributed by atoms with Crippen molar-refractivity contribution in [3.05, 3.63) is 54.4 Å². The van der Waals surface area contributed by atoms with Crippen LogP contribution < -0.4 is 25.4 Å². The summed E-state index contributed by atoms with van der Waals surface area (Å²) in [6.07, 6.45) is -1.42. The number of alkyl halides is 6. The number of nitrogens with one attached hydrogen (secondary N) is 3. The Kier molecular flexibility index (Phi) is 17.0. The van der Waals surface area contributed by atoms with Gasteiger partial charge in [-0.1, -0.05) is 50.1 Å². The number of H-pyrrole nitrogens is 1. The Morgan fingerprint density at radius 1 is 0.891 bits per heavy atom. The highest BCUT2D eigenvalue weighted by atomic mass is 19.4. The van der Waals surface area contributed by atoms with Crippen LogP contribution in [0.2, 0.25) is 0 Å². The lowest BCUT2D eigenvalue weighted by molar-refractivity contribution is -0.885. The van der Waals surface area contributed by atoms with Gasteiger partial charge in [-0.3, -0.25) is 9.59 Å². The molecule has 46 heavy (non-hydrogen) atoms. The number of piperidine rings is 1. The van der Waals surface area contributed by atoms with Crippen molar-refractivity contribution < 1.29 is 65.6 Å². The number of rotatable bonds is 11. The lowest BCUT2D eigenvalue weighted by Gasteiger charge is -2.27. The van der Waals surface area contributed by atoms with Crippen molar-refractivity contribution in [2.45, 2.75) is 76.7 Å². The van der Waals surface area contributed by atoms with Gasteiger partial charge in [0, 0.05) is 43.7 Å². The molecule has 1 amide bonds. The molecule has 0 radical (unpaired) electrons. The summed E-state index contributed by atoms with van der Waals surface area (Å²) in [5.41, 5.74) is 3.36. The summed E-state index contributed by atoms with van der Waals surface area (Å²) in [4.78, 5) is 47.1. The van der Waals surface area contributed by atoms with Gasteiger partial charge in [0.2, 0.25) is 11.6 Å². The molecule has 1 aromatic carbocycles. The van der Waals surface area contributed by atoms with E-state index in [4.69, 9.17) is 19.8 Å². The molecule has 3 N–H and O–H groups in total. The van der Waals surface area contributed by atoms with Crippen molar-refractivity contribution >= 4 is 23.6 Å². The number of unbranched alkanes of at least 4 members (excludes halogenated alkanes) is 2. The predicted octanol–water partition coefficient (Wildman–Crippen LogP) is 1.78. The van der Waals surface area contributed by atoms with Crippen LogP contribution in [0.1, 0.15) is 70.0 Å². The van der Waals surface area contributed by atoms with Crippen LogP contribution in [-0.2, 0) is 19.2 Å². The van der Waals surface area contributed by atoms with Crippen LogP contribution in [0.25, 0.3) is 11.1 Å². The molecule has 2 aromatic rings. The molecule has 9 nitrogen and oxygen atoms in total. The molecular formula is C31H39F6N3O6. The standard InChI is InChI=1S/C27H37N3O2.2C2HF3O2/c1-3-24(31)12-8-5-9-13-25(29-27(32)22-15-18-30(2)19-16-22)26-20-23(14-17-28-26)21-10-6-4-7-11-21;2*3-2(4,5)1(6)7/h4,6-7,10-11,14,17,20,22,25H,3,5,8-9,12-13,15-16,18-19H2,1-2H3,(H,29,32);2*(H,6,7)/t25-;;/m0../s1. The number of aliphatic carboxylic acids is 2. The van der Waals surface area contributed by atoms with Gasteiger partial charge in [-0.15, -0.1) is 0 Å². The van der Waals surface area contributed by atoms with Crippen molar-refractivity contribution in [2.24, 2.45) is 5.92 Å². The molecule has 1 saturated heterocycles. The summed E-state index contributed by atoms with van der Waals surface area (Å²) in [6, 6.07) is 14.5. The topological polar surface area (TPSA) is 145 Å². The van der Waals surface area contributed by atoms with Crippen LogP contribution in [0.15, 0.2) is 48.7 Å². The summed E-state index contributed by atoms with van der Waals surface area (Å²) < 4.78 is 63.1. The number of benzene rings is 1. The first-order valence-corrected chi connectivity index (χ1v) is 14.7. The summed E-state index contributed by atoms with van der Waals surface area (Å²) in [6.45, 7) is 4.04. The van der Waals surface area contributed by atoms with Crippen molar-refractivity contribution in [1.29, 1.82) is 0 Å². The maximum atomic E-state index is 13.1. The summed E-state index contributed by atoms with van der Waals surface area (Å²) in [5.74, 6) is -5.38. The zero-order valence-electron chi connectivity index (χ0n) is 25.6. The number of aromatic nitrogens is 1. The second-order valence-electron chi connectivity index (χ2n) is 10.8. The molecule has 256 valence electrons. The number of quaternary nitrogens is 1. The average molecular weight is 664 g/mol. The second-order valence-corrected chi connectivity index (χ2v) is 10.8. The SMILES string of the molecule is CCC(=O)CCCCC[C@H](NC(=O)C1CC[NH+](C)CC1)c1cc(-c2ccccc2)cc[nH+]1.O=C([O-])C(F)(F)F.O=C([O-])C(F)(F)F. The van der Waals surface area contributed by atoms with Gasteiger partial charge in [-0.25, -0.2) is 4.98 Å². The molecule has 0 spiro atoms. The molecule has 0 aliphatic carbocycles. The Morgan fingerprint density at radius 3 is 1.93 bits per heavy atom. The number of aromatic amines is 1. The van der Waals surface area contributed by atoms with E-state index in [1.165, 1.54) is 10.5 Å². The maximum absolute atomic E-state index is 13.1. The van der Waals surface area contributed by atoms with Crippen molar-refractivity contribution in [2.75, 3.05) is 20.1 Å². The normalized spacial score (nSPS) is 16.9. The van der Waals surface area contributed by atoms with E-state index in [1.54, 1.807) is 0 Å². The fraction of sp³-hybridized carbons (Fsp3) is 0.516. The van der Waals surface area contributed by atoms with Crippen LogP contribution in [0.3, 0.4) is 0 Å². The molecule has 0 unspecified atom stereocenters. The average Bonchev–Trinajstić information content (AvgIpc) is 3.00. The molecule has 1 atom stereocenters. The van der Waals surface area contributed by atoms with Gasteiger partial charge in [0.15, 0.2) is 6.20 Å². The van der Waals surface area contributed by atoms with Crippen LogP contribution in [0.4, 0.5) is 26.3 Å². The van der Waals surface area contributed by atoms with Gasteiger partial charge in [0.25, 0.3) is 0 Å². The highest BCUT2D eigenvalue weighted by Gasteiger charge is 2.30. The van der Waals surface area contributed by atoms with E-state index in [0.29, 0.717) is 18.6 Å². The molecule has 2 heterocycles. The minimum absolute atomic E-state index is 0.0416. The fourth-order valence-corrected chi connectivity index (χ4v) is 4.49. The first kappa shape index (κ1) is 40.0. The number of hydrogen-bond donors (Lipinski definition) is 2. The number of likely N-dealkylation sites (tertiary alicyclic amines) is 1. The molecule has 1 aromatic heterocycles. The molecule has 1 aliphatic heterocycles. The minimum atomic E-state index is -5.19. The zero-order valence-corrected chi connectivity index (χ0v) is 25.6. The molecule has 0 bridgehead atoms. The second kappa shape index (κ2) is 19.5.